The van der Waals surface area contributed by atoms with Gasteiger partial charge in [0, 0.05) is 13.2 Å². The zero-order valence-electron chi connectivity index (χ0n) is 14.6. The van der Waals surface area contributed by atoms with Crippen molar-refractivity contribution in [2.75, 3.05) is 4.90 Å². The number of rotatable bonds is 4. The van der Waals surface area contributed by atoms with Gasteiger partial charge in [-0.15, -0.1) is 0 Å². The van der Waals surface area contributed by atoms with Crippen LogP contribution in [0.25, 0.3) is 10.2 Å². The van der Waals surface area contributed by atoms with Gasteiger partial charge in [0.15, 0.2) is 10.8 Å². The van der Waals surface area contributed by atoms with Crippen molar-refractivity contribution >= 4 is 32.6 Å². The van der Waals surface area contributed by atoms with Gasteiger partial charge in [-0.1, -0.05) is 53.8 Å². The van der Waals surface area contributed by atoms with E-state index < -0.39 is 0 Å². The summed E-state index contributed by atoms with van der Waals surface area (Å²) in [6, 6.07) is 17.8. The minimum absolute atomic E-state index is 0.147. The van der Waals surface area contributed by atoms with Crippen molar-refractivity contribution in [1.82, 2.24) is 14.8 Å². The van der Waals surface area contributed by atoms with Crippen LogP contribution in [0.2, 0.25) is 0 Å². The molecule has 2 aromatic heterocycles. The van der Waals surface area contributed by atoms with Crippen molar-refractivity contribution in [2.24, 2.45) is 7.05 Å². The van der Waals surface area contributed by atoms with E-state index in [4.69, 9.17) is 4.98 Å². The quantitative estimate of drug-likeness (QED) is 0.547. The molecule has 0 aliphatic rings. The first kappa shape index (κ1) is 16.5. The largest absolute Gasteiger partial charge is 0.280 e. The molecule has 5 nitrogen and oxygen atoms in total. The number of anilines is 1. The Balaban J connectivity index is 1.78. The maximum atomic E-state index is 13.1. The van der Waals surface area contributed by atoms with Gasteiger partial charge in [0.25, 0.3) is 5.91 Å². The fraction of sp³-hybridized carbons (Fsp3) is 0.150. The lowest BCUT2D eigenvalue weighted by Crippen LogP contribution is -2.30. The molecule has 0 bridgehead atoms. The number of carbonyl (C=O) groups is 1. The second-order valence-corrected chi connectivity index (χ2v) is 7.18. The number of aromatic nitrogens is 3. The first-order valence-electron chi connectivity index (χ1n) is 8.33. The second-order valence-electron chi connectivity index (χ2n) is 6.17. The summed E-state index contributed by atoms with van der Waals surface area (Å²) in [5.74, 6) is -0.147. The number of nitrogens with zero attached hydrogens (tertiary/aromatic N) is 4. The van der Waals surface area contributed by atoms with Gasteiger partial charge in [-0.2, -0.15) is 5.10 Å². The molecule has 4 rings (SSSR count). The van der Waals surface area contributed by atoms with Gasteiger partial charge in [0.2, 0.25) is 0 Å². The fourth-order valence-corrected chi connectivity index (χ4v) is 3.89. The van der Waals surface area contributed by atoms with E-state index in [1.807, 2.05) is 55.5 Å². The molecule has 0 fully saturated rings. The lowest BCUT2D eigenvalue weighted by molar-refractivity contribution is 0.0979. The van der Waals surface area contributed by atoms with Crippen LogP contribution < -0.4 is 4.90 Å². The monoisotopic (exact) mass is 362 g/mol. The molecule has 0 unspecified atom stereocenters. The standard InChI is InChI=1S/C20H18N4OS/c1-14-7-6-10-17-18(14)21-20(26-17)24(13-15-8-4-3-5-9-15)19(25)16-11-12-23(2)22-16/h3-12H,13H2,1-2H3. The molecule has 2 heterocycles. The summed E-state index contributed by atoms with van der Waals surface area (Å²) in [6.07, 6.45) is 1.77. The minimum Gasteiger partial charge on any atom is -0.278 e. The van der Waals surface area contributed by atoms with Crippen molar-refractivity contribution in [3.05, 3.63) is 77.6 Å². The molecule has 2 aromatic carbocycles. The second kappa shape index (κ2) is 6.72. The van der Waals surface area contributed by atoms with Gasteiger partial charge in [-0.05, 0) is 30.2 Å². The Kier molecular flexibility index (Phi) is 4.26. The number of aryl methyl sites for hydroxylation is 2. The Labute approximate surface area is 155 Å². The summed E-state index contributed by atoms with van der Waals surface area (Å²) < 4.78 is 2.71. The third-order valence-corrected chi connectivity index (χ3v) is 5.25. The summed E-state index contributed by atoms with van der Waals surface area (Å²) >= 11 is 1.53. The molecule has 0 radical (unpaired) electrons. The number of thiazole rings is 1. The number of carbonyl (C=O) groups excluding carboxylic acids is 1. The van der Waals surface area contributed by atoms with Crippen molar-refractivity contribution in [3.63, 3.8) is 0 Å². The average molecular weight is 362 g/mol. The van der Waals surface area contributed by atoms with Gasteiger partial charge in [0.1, 0.15) is 0 Å². The molecule has 0 N–H and O–H groups in total. The maximum Gasteiger partial charge on any atom is 0.280 e. The van der Waals surface area contributed by atoms with Gasteiger partial charge in [-0.25, -0.2) is 4.98 Å². The third kappa shape index (κ3) is 3.11. The third-order valence-electron chi connectivity index (χ3n) is 4.20. The lowest BCUT2D eigenvalue weighted by atomic mass is 10.2. The maximum absolute atomic E-state index is 13.1. The summed E-state index contributed by atoms with van der Waals surface area (Å²) in [4.78, 5) is 19.6. The molecule has 0 atom stereocenters. The van der Waals surface area contributed by atoms with Crippen molar-refractivity contribution < 1.29 is 4.79 Å². The van der Waals surface area contributed by atoms with Crippen LogP contribution in [0, 0.1) is 6.92 Å². The molecule has 0 aliphatic carbocycles. The van der Waals surface area contributed by atoms with Gasteiger partial charge in [0.05, 0.1) is 16.8 Å². The van der Waals surface area contributed by atoms with E-state index in [9.17, 15) is 4.79 Å². The van der Waals surface area contributed by atoms with Gasteiger partial charge < -0.3 is 0 Å². The highest BCUT2D eigenvalue weighted by Gasteiger charge is 2.23. The molecule has 0 saturated carbocycles. The summed E-state index contributed by atoms with van der Waals surface area (Å²) in [5, 5.41) is 4.96. The van der Waals surface area contributed by atoms with Crippen molar-refractivity contribution in [1.29, 1.82) is 0 Å². The minimum atomic E-state index is -0.147. The Morgan fingerprint density at radius 3 is 2.62 bits per heavy atom. The number of amides is 1. The van der Waals surface area contributed by atoms with Crippen LogP contribution in [0.5, 0.6) is 0 Å². The normalized spacial score (nSPS) is 11.0. The molecular formula is C20H18N4OS. The van der Waals surface area contributed by atoms with E-state index in [0.29, 0.717) is 17.4 Å². The number of fused-ring (bicyclic) bond motifs is 1. The Morgan fingerprint density at radius 2 is 1.92 bits per heavy atom. The van der Waals surface area contributed by atoms with E-state index in [1.54, 1.807) is 28.9 Å². The highest BCUT2D eigenvalue weighted by molar-refractivity contribution is 7.22. The van der Waals surface area contributed by atoms with Crippen molar-refractivity contribution in [2.45, 2.75) is 13.5 Å². The van der Waals surface area contributed by atoms with Crippen LogP contribution in [0.15, 0.2) is 60.8 Å². The molecule has 26 heavy (non-hydrogen) atoms. The Hall–Kier alpha value is -2.99. The topological polar surface area (TPSA) is 51.0 Å². The lowest BCUT2D eigenvalue weighted by Gasteiger charge is -2.19. The zero-order chi connectivity index (χ0) is 18.1. The van der Waals surface area contributed by atoms with E-state index in [1.165, 1.54) is 11.3 Å². The smallest absolute Gasteiger partial charge is 0.278 e. The molecule has 130 valence electrons. The number of hydrogen-bond acceptors (Lipinski definition) is 4. The highest BCUT2D eigenvalue weighted by Crippen LogP contribution is 2.32. The summed E-state index contributed by atoms with van der Waals surface area (Å²) in [5.41, 5.74) is 3.52. The SMILES string of the molecule is Cc1cccc2sc(N(Cc3ccccc3)C(=O)c3ccn(C)n3)nc12. The van der Waals surface area contributed by atoms with Crippen molar-refractivity contribution in [3.8, 4) is 0 Å². The predicted octanol–water partition coefficient (Wildman–Crippen LogP) is 4.19. The molecule has 0 spiro atoms. The fourth-order valence-electron chi connectivity index (χ4n) is 2.85. The van der Waals surface area contributed by atoms with Gasteiger partial charge in [-0.3, -0.25) is 14.4 Å². The average Bonchev–Trinajstić information content (AvgIpc) is 3.27. The number of hydrogen-bond donors (Lipinski definition) is 0. The van der Waals surface area contributed by atoms with Crippen LogP contribution in [0.3, 0.4) is 0 Å². The highest BCUT2D eigenvalue weighted by atomic mass is 32.1. The Bertz CT molecular complexity index is 1070. The van der Waals surface area contributed by atoms with E-state index >= 15 is 0 Å². The molecular weight excluding hydrogens is 344 g/mol. The van der Waals surface area contributed by atoms with E-state index in [-0.39, 0.29) is 5.91 Å². The Morgan fingerprint density at radius 1 is 1.12 bits per heavy atom. The number of benzene rings is 2. The van der Waals surface area contributed by atoms with Gasteiger partial charge >= 0.3 is 0 Å². The van der Waals surface area contributed by atoms with Crippen LogP contribution in [-0.4, -0.2) is 20.7 Å². The first-order valence-corrected chi connectivity index (χ1v) is 9.15. The number of para-hydroxylation sites is 1. The first-order chi connectivity index (χ1) is 12.6. The summed E-state index contributed by atoms with van der Waals surface area (Å²) in [6.45, 7) is 2.49. The zero-order valence-corrected chi connectivity index (χ0v) is 15.4. The molecule has 0 aliphatic heterocycles. The predicted molar refractivity (Wildman–Crippen MR) is 105 cm³/mol. The van der Waals surface area contributed by atoms with Crippen LogP contribution in [0.4, 0.5) is 5.13 Å². The van der Waals surface area contributed by atoms with Crippen LogP contribution in [0.1, 0.15) is 21.6 Å². The molecule has 4 aromatic rings. The molecule has 6 heteroatoms. The summed E-state index contributed by atoms with van der Waals surface area (Å²) in [7, 11) is 1.80. The van der Waals surface area contributed by atoms with E-state index in [2.05, 4.69) is 5.10 Å². The van der Waals surface area contributed by atoms with E-state index in [0.717, 1.165) is 21.3 Å². The van der Waals surface area contributed by atoms with Crippen LogP contribution >= 0.6 is 11.3 Å². The molecule has 1 amide bonds. The molecule has 0 saturated heterocycles. The van der Waals surface area contributed by atoms with Crippen LogP contribution in [-0.2, 0) is 13.6 Å².